The standard InChI is InChI=1S/C9H11F6N3OS/c1-2-3-5(17-18-6(16)20)4-7(19,8(10,11)12)9(13,14)15/h2-3,19H,4H2,1H3,(H3,16,18,20)/b3-2-,17-5-. The predicted molar refractivity (Wildman–Crippen MR) is 63.8 cm³/mol. The molecule has 0 radical (unpaired) electrons. The Morgan fingerprint density at radius 3 is 2.00 bits per heavy atom. The molecule has 4 N–H and O–H groups in total. The Balaban J connectivity index is 5.53. The fraction of sp³-hybridized carbons (Fsp3) is 0.556. The van der Waals surface area contributed by atoms with Crippen LogP contribution in [0.15, 0.2) is 17.3 Å². The molecule has 0 heterocycles. The molecule has 0 aliphatic carbocycles. The third-order valence-corrected chi connectivity index (χ3v) is 2.13. The SMILES string of the molecule is C/C=C\C(CC(O)(C(F)(F)F)C(F)(F)F)=N\NC(N)=S. The molecule has 20 heavy (non-hydrogen) atoms. The van der Waals surface area contributed by atoms with Crippen molar-refractivity contribution in [1.82, 2.24) is 5.43 Å². The van der Waals surface area contributed by atoms with Crippen LogP contribution in [0.3, 0.4) is 0 Å². The van der Waals surface area contributed by atoms with Gasteiger partial charge < -0.3 is 10.8 Å². The number of hydrazone groups is 1. The second kappa shape index (κ2) is 6.39. The van der Waals surface area contributed by atoms with Crippen LogP contribution >= 0.6 is 12.2 Å². The maximum absolute atomic E-state index is 12.5. The molecule has 0 spiro atoms. The molecule has 116 valence electrons. The van der Waals surface area contributed by atoms with Crippen LogP contribution < -0.4 is 11.2 Å². The van der Waals surface area contributed by atoms with Crippen LogP contribution in [0.5, 0.6) is 0 Å². The Labute approximate surface area is 115 Å². The van der Waals surface area contributed by atoms with Gasteiger partial charge in [0.05, 0.1) is 5.71 Å². The Hall–Kier alpha value is -1.36. The van der Waals surface area contributed by atoms with E-state index < -0.39 is 35.2 Å². The highest BCUT2D eigenvalue weighted by atomic mass is 32.1. The summed E-state index contributed by atoms with van der Waals surface area (Å²) in [6, 6.07) is 0. The van der Waals surface area contributed by atoms with Gasteiger partial charge in [-0.05, 0) is 25.2 Å². The average molecular weight is 323 g/mol. The molecular formula is C9H11F6N3OS. The number of nitrogens with zero attached hydrogens (tertiary/aromatic N) is 1. The monoisotopic (exact) mass is 323 g/mol. The Morgan fingerprint density at radius 2 is 1.70 bits per heavy atom. The number of halogens is 6. The first-order valence-electron chi connectivity index (χ1n) is 4.95. The van der Waals surface area contributed by atoms with Gasteiger partial charge in [0.15, 0.2) is 5.11 Å². The summed E-state index contributed by atoms with van der Waals surface area (Å²) in [7, 11) is 0. The second-order valence-corrected chi connectivity index (χ2v) is 4.05. The van der Waals surface area contributed by atoms with Crippen molar-refractivity contribution in [1.29, 1.82) is 0 Å². The molecule has 0 aromatic heterocycles. The van der Waals surface area contributed by atoms with E-state index in [9.17, 15) is 26.3 Å². The van der Waals surface area contributed by atoms with E-state index in [2.05, 4.69) is 17.3 Å². The highest BCUT2D eigenvalue weighted by Crippen LogP contribution is 2.45. The largest absolute Gasteiger partial charge is 0.426 e. The number of hydrogen-bond donors (Lipinski definition) is 3. The summed E-state index contributed by atoms with van der Waals surface area (Å²) >= 11 is 4.31. The highest BCUT2D eigenvalue weighted by Gasteiger charge is 2.70. The summed E-state index contributed by atoms with van der Waals surface area (Å²) in [6.07, 6.45) is -11.7. The van der Waals surface area contributed by atoms with Crippen LogP contribution in [-0.4, -0.2) is 33.9 Å². The quantitative estimate of drug-likeness (QED) is 0.320. The van der Waals surface area contributed by atoms with E-state index in [4.69, 9.17) is 10.8 Å². The number of nitrogens with two attached hydrogens (primary N) is 1. The summed E-state index contributed by atoms with van der Waals surface area (Å²) in [5, 5.41) is 11.7. The van der Waals surface area contributed by atoms with Gasteiger partial charge in [-0.1, -0.05) is 6.08 Å². The van der Waals surface area contributed by atoms with Crippen LogP contribution in [-0.2, 0) is 0 Å². The first kappa shape index (κ1) is 18.6. The fourth-order valence-electron chi connectivity index (χ4n) is 1.08. The van der Waals surface area contributed by atoms with Crippen LogP contribution in [0.25, 0.3) is 0 Å². The van der Waals surface area contributed by atoms with Crippen molar-refractivity contribution < 1.29 is 31.4 Å². The Kier molecular flexibility index (Phi) is 5.96. The van der Waals surface area contributed by atoms with E-state index in [0.29, 0.717) is 0 Å². The van der Waals surface area contributed by atoms with Crippen molar-refractivity contribution in [3.63, 3.8) is 0 Å². The summed E-state index contributed by atoms with van der Waals surface area (Å²) < 4.78 is 74.9. The number of aliphatic hydroxyl groups is 1. The molecule has 11 heteroatoms. The number of hydrogen-bond acceptors (Lipinski definition) is 3. The number of thiocarbonyl (C=S) groups is 1. The van der Waals surface area contributed by atoms with E-state index in [0.717, 1.165) is 12.2 Å². The van der Waals surface area contributed by atoms with Gasteiger partial charge in [-0.2, -0.15) is 31.4 Å². The molecular weight excluding hydrogens is 312 g/mol. The molecule has 0 atom stereocenters. The van der Waals surface area contributed by atoms with Gasteiger partial charge in [0.25, 0.3) is 5.60 Å². The fourth-order valence-corrected chi connectivity index (χ4v) is 1.12. The van der Waals surface area contributed by atoms with Crippen LogP contribution in [0.2, 0.25) is 0 Å². The van der Waals surface area contributed by atoms with Gasteiger partial charge >= 0.3 is 12.4 Å². The van der Waals surface area contributed by atoms with Crippen LogP contribution in [0.4, 0.5) is 26.3 Å². The van der Waals surface area contributed by atoms with Crippen LogP contribution in [0.1, 0.15) is 13.3 Å². The van der Waals surface area contributed by atoms with Gasteiger partial charge in [-0.15, -0.1) is 0 Å². The molecule has 0 saturated heterocycles. The van der Waals surface area contributed by atoms with E-state index in [1.165, 1.54) is 6.92 Å². The van der Waals surface area contributed by atoms with E-state index >= 15 is 0 Å². The second-order valence-electron chi connectivity index (χ2n) is 3.61. The summed E-state index contributed by atoms with van der Waals surface area (Å²) in [5.74, 6) is 0. The van der Waals surface area contributed by atoms with Crippen molar-refractivity contribution in [3.8, 4) is 0 Å². The maximum atomic E-state index is 12.5. The Morgan fingerprint density at radius 1 is 1.25 bits per heavy atom. The van der Waals surface area contributed by atoms with Gasteiger partial charge in [0.2, 0.25) is 0 Å². The molecule has 0 unspecified atom stereocenters. The average Bonchev–Trinajstić information content (AvgIpc) is 2.22. The third kappa shape index (κ3) is 4.63. The molecule has 4 nitrogen and oxygen atoms in total. The molecule has 0 saturated carbocycles. The minimum Gasteiger partial charge on any atom is -0.375 e. The lowest BCUT2D eigenvalue weighted by molar-refractivity contribution is -0.365. The first-order valence-corrected chi connectivity index (χ1v) is 5.36. The molecule has 0 aromatic rings. The minimum absolute atomic E-state index is 0.449. The smallest absolute Gasteiger partial charge is 0.375 e. The summed E-state index contributed by atoms with van der Waals surface area (Å²) in [5.41, 5.74) is 1.17. The highest BCUT2D eigenvalue weighted by molar-refractivity contribution is 7.80. The van der Waals surface area contributed by atoms with Gasteiger partial charge in [0, 0.05) is 6.42 Å². The van der Waals surface area contributed by atoms with Crippen molar-refractivity contribution in [2.24, 2.45) is 10.8 Å². The van der Waals surface area contributed by atoms with E-state index in [-0.39, 0.29) is 0 Å². The van der Waals surface area contributed by atoms with E-state index in [1.54, 1.807) is 0 Å². The molecule has 0 aliphatic rings. The zero-order chi connectivity index (χ0) is 16.2. The van der Waals surface area contributed by atoms with Crippen molar-refractivity contribution in [2.75, 3.05) is 0 Å². The zero-order valence-corrected chi connectivity index (χ0v) is 10.8. The van der Waals surface area contributed by atoms with Gasteiger partial charge in [0.1, 0.15) is 0 Å². The molecule has 0 rings (SSSR count). The van der Waals surface area contributed by atoms with Crippen LogP contribution in [0, 0.1) is 0 Å². The normalized spacial score (nSPS) is 14.7. The lowest BCUT2D eigenvalue weighted by atomic mass is 9.95. The lowest BCUT2D eigenvalue weighted by Crippen LogP contribution is -2.57. The van der Waals surface area contributed by atoms with Gasteiger partial charge in [-0.3, -0.25) is 5.43 Å². The number of allylic oxidation sites excluding steroid dienone is 2. The lowest BCUT2D eigenvalue weighted by Gasteiger charge is -2.32. The van der Waals surface area contributed by atoms with E-state index in [1.807, 2.05) is 5.43 Å². The topological polar surface area (TPSA) is 70.6 Å². The van der Waals surface area contributed by atoms with Gasteiger partial charge in [-0.25, -0.2) is 0 Å². The summed E-state index contributed by atoms with van der Waals surface area (Å²) in [4.78, 5) is 0. The van der Waals surface area contributed by atoms with Crippen molar-refractivity contribution in [3.05, 3.63) is 12.2 Å². The first-order chi connectivity index (χ1) is 8.85. The van der Waals surface area contributed by atoms with Crippen molar-refractivity contribution in [2.45, 2.75) is 31.3 Å². The number of alkyl halides is 6. The summed E-state index contributed by atoms with van der Waals surface area (Å²) in [6.45, 7) is 1.34. The minimum atomic E-state index is -5.92. The number of nitrogens with one attached hydrogen (secondary N) is 1. The molecule has 0 amide bonds. The third-order valence-electron chi connectivity index (χ3n) is 2.04. The molecule has 0 aliphatic heterocycles. The Bertz CT molecular complexity index is 401. The molecule has 0 aromatic carbocycles. The molecule has 0 bridgehead atoms. The maximum Gasteiger partial charge on any atom is 0.426 e. The predicted octanol–water partition coefficient (Wildman–Crippen LogP) is 2.00. The van der Waals surface area contributed by atoms with Crippen molar-refractivity contribution >= 4 is 23.0 Å². The zero-order valence-electron chi connectivity index (χ0n) is 10.0. The number of rotatable bonds is 4. The molecule has 0 fully saturated rings.